The Morgan fingerprint density at radius 2 is 2.33 bits per heavy atom. The molecule has 1 fully saturated rings. The van der Waals surface area contributed by atoms with Gasteiger partial charge in [0.05, 0.1) is 12.1 Å². The summed E-state index contributed by atoms with van der Waals surface area (Å²) in [4.78, 5) is 25.7. The van der Waals surface area contributed by atoms with E-state index in [2.05, 4.69) is 4.98 Å². The van der Waals surface area contributed by atoms with Gasteiger partial charge >= 0.3 is 5.69 Å². The molecule has 0 aliphatic carbocycles. The molecule has 1 aromatic heterocycles. The van der Waals surface area contributed by atoms with Gasteiger partial charge in [-0.15, -0.1) is 0 Å². The minimum Gasteiger partial charge on any atom is -0.379 e. The van der Waals surface area contributed by atoms with E-state index in [0.717, 1.165) is 0 Å². The second-order valence-corrected chi connectivity index (χ2v) is 4.30. The molecule has 2 rings (SSSR count). The molecule has 15 heavy (non-hydrogen) atoms. The van der Waals surface area contributed by atoms with Gasteiger partial charge in [0, 0.05) is 12.7 Å². The smallest absolute Gasteiger partial charge is 0.330 e. The third-order valence-corrected chi connectivity index (χ3v) is 2.84. The van der Waals surface area contributed by atoms with E-state index in [9.17, 15) is 9.59 Å². The highest BCUT2D eigenvalue weighted by molar-refractivity contribution is 6.29. The first-order valence-electron chi connectivity index (χ1n) is 4.63. The number of ether oxygens (including phenoxy) is 1. The Balaban J connectivity index is 2.62. The van der Waals surface area contributed by atoms with Gasteiger partial charge < -0.3 is 4.74 Å². The summed E-state index contributed by atoms with van der Waals surface area (Å²) in [6, 6.07) is 1.20. The van der Waals surface area contributed by atoms with Gasteiger partial charge in [0.1, 0.15) is 5.15 Å². The Hall–Kier alpha value is -1.07. The molecular weight excluding hydrogens is 220 g/mol. The van der Waals surface area contributed by atoms with E-state index in [0.29, 0.717) is 19.6 Å². The van der Waals surface area contributed by atoms with Crippen molar-refractivity contribution in [2.75, 3.05) is 13.2 Å². The van der Waals surface area contributed by atoms with Crippen LogP contribution >= 0.6 is 11.6 Å². The summed E-state index contributed by atoms with van der Waals surface area (Å²) in [6.07, 6.45) is 0.650. The average Bonchev–Trinajstić information content (AvgIpc) is 2.50. The lowest BCUT2D eigenvalue weighted by atomic mass is 10.0. The Kier molecular flexibility index (Phi) is 2.44. The molecule has 1 aliphatic heterocycles. The second-order valence-electron chi connectivity index (χ2n) is 3.90. The first-order chi connectivity index (χ1) is 7.03. The predicted octanol–water partition coefficient (Wildman–Crippen LogP) is 0.325. The Morgan fingerprint density at radius 1 is 1.60 bits per heavy atom. The van der Waals surface area contributed by atoms with Crippen LogP contribution in [0.1, 0.15) is 13.3 Å². The molecule has 1 saturated heterocycles. The van der Waals surface area contributed by atoms with Crippen molar-refractivity contribution in [1.82, 2.24) is 9.55 Å². The molecule has 1 atom stereocenters. The lowest BCUT2D eigenvalue weighted by Crippen LogP contribution is -2.48. The van der Waals surface area contributed by atoms with E-state index in [1.807, 2.05) is 6.92 Å². The highest BCUT2D eigenvalue weighted by Gasteiger charge is 2.34. The number of hydrogen-bond donors (Lipinski definition) is 1. The summed E-state index contributed by atoms with van der Waals surface area (Å²) in [5.74, 6) is 0. The van der Waals surface area contributed by atoms with Crippen molar-refractivity contribution in [1.29, 1.82) is 0 Å². The van der Waals surface area contributed by atoms with Crippen molar-refractivity contribution in [2.24, 2.45) is 0 Å². The summed E-state index contributed by atoms with van der Waals surface area (Å²) in [6.45, 7) is 2.76. The highest BCUT2D eigenvalue weighted by atomic mass is 35.5. The molecule has 2 heterocycles. The summed E-state index contributed by atoms with van der Waals surface area (Å²) >= 11 is 5.57. The molecule has 0 bridgehead atoms. The zero-order valence-electron chi connectivity index (χ0n) is 8.25. The van der Waals surface area contributed by atoms with Gasteiger partial charge in [-0.1, -0.05) is 11.6 Å². The Morgan fingerprint density at radius 3 is 2.87 bits per heavy atom. The van der Waals surface area contributed by atoms with E-state index >= 15 is 0 Å². The average molecular weight is 231 g/mol. The first kappa shape index (κ1) is 10.4. The number of halogens is 1. The van der Waals surface area contributed by atoms with Crippen LogP contribution in [-0.2, 0) is 10.3 Å². The molecule has 0 radical (unpaired) electrons. The second kappa shape index (κ2) is 3.50. The van der Waals surface area contributed by atoms with Crippen molar-refractivity contribution in [3.63, 3.8) is 0 Å². The summed E-state index contributed by atoms with van der Waals surface area (Å²) < 4.78 is 6.38. The molecule has 0 saturated carbocycles. The molecule has 6 heteroatoms. The Bertz CT molecular complexity index is 454. The standard InChI is InChI=1S/C9H11ClN2O3/c1-9(2-3-15-5-9)12-7(13)4-6(10)11-8(12)14/h4H,2-3,5H2,1H3,(H,11,14). The molecule has 82 valence electrons. The lowest BCUT2D eigenvalue weighted by Gasteiger charge is -2.23. The normalized spacial score (nSPS) is 25.7. The molecule has 0 spiro atoms. The molecule has 1 N–H and O–H groups in total. The number of rotatable bonds is 1. The molecule has 0 aromatic carbocycles. The van der Waals surface area contributed by atoms with Gasteiger partial charge in [-0.3, -0.25) is 14.3 Å². The monoisotopic (exact) mass is 230 g/mol. The summed E-state index contributed by atoms with van der Waals surface area (Å²) in [5, 5.41) is 0.0590. The van der Waals surface area contributed by atoms with Crippen LogP contribution in [0.15, 0.2) is 15.7 Å². The van der Waals surface area contributed by atoms with Crippen molar-refractivity contribution in [3.05, 3.63) is 32.1 Å². The number of H-pyrrole nitrogens is 1. The van der Waals surface area contributed by atoms with Gasteiger partial charge in [-0.2, -0.15) is 0 Å². The molecule has 5 nitrogen and oxygen atoms in total. The van der Waals surface area contributed by atoms with Gasteiger partial charge in [-0.25, -0.2) is 4.79 Å². The number of aromatic amines is 1. The zero-order valence-corrected chi connectivity index (χ0v) is 9.00. The van der Waals surface area contributed by atoms with Crippen LogP contribution in [0.4, 0.5) is 0 Å². The van der Waals surface area contributed by atoms with Gasteiger partial charge in [0.15, 0.2) is 0 Å². The minimum absolute atomic E-state index is 0.0590. The molecule has 1 aromatic rings. The number of aromatic nitrogens is 2. The summed E-state index contributed by atoms with van der Waals surface area (Å²) in [5.41, 5.74) is -1.44. The van der Waals surface area contributed by atoms with E-state index in [-0.39, 0.29) is 5.15 Å². The van der Waals surface area contributed by atoms with Crippen LogP contribution in [0, 0.1) is 0 Å². The fraction of sp³-hybridized carbons (Fsp3) is 0.556. The number of nitrogens with one attached hydrogen (secondary N) is 1. The van der Waals surface area contributed by atoms with Gasteiger partial charge in [-0.05, 0) is 13.3 Å². The lowest BCUT2D eigenvalue weighted by molar-refractivity contribution is 0.158. The first-order valence-corrected chi connectivity index (χ1v) is 5.01. The Labute approximate surface area is 90.6 Å². The number of hydrogen-bond acceptors (Lipinski definition) is 3. The van der Waals surface area contributed by atoms with E-state index in [1.165, 1.54) is 10.6 Å². The maximum absolute atomic E-state index is 11.7. The van der Waals surface area contributed by atoms with E-state index in [4.69, 9.17) is 16.3 Å². The molecule has 1 aliphatic rings. The van der Waals surface area contributed by atoms with E-state index in [1.54, 1.807) is 0 Å². The fourth-order valence-corrected chi connectivity index (χ4v) is 1.99. The fourth-order valence-electron chi connectivity index (χ4n) is 1.81. The van der Waals surface area contributed by atoms with E-state index < -0.39 is 16.8 Å². The maximum Gasteiger partial charge on any atom is 0.330 e. The van der Waals surface area contributed by atoms with Crippen LogP contribution in [0.3, 0.4) is 0 Å². The maximum atomic E-state index is 11.7. The summed E-state index contributed by atoms with van der Waals surface area (Å²) in [7, 11) is 0. The van der Waals surface area contributed by atoms with Crippen molar-refractivity contribution in [2.45, 2.75) is 18.9 Å². The molecular formula is C9H11ClN2O3. The third kappa shape index (κ3) is 1.72. The van der Waals surface area contributed by atoms with Crippen LogP contribution in [0.2, 0.25) is 5.15 Å². The van der Waals surface area contributed by atoms with Crippen LogP contribution in [-0.4, -0.2) is 22.8 Å². The van der Waals surface area contributed by atoms with Crippen LogP contribution < -0.4 is 11.2 Å². The number of nitrogens with zero attached hydrogens (tertiary/aromatic N) is 1. The largest absolute Gasteiger partial charge is 0.379 e. The van der Waals surface area contributed by atoms with Crippen molar-refractivity contribution >= 4 is 11.6 Å². The third-order valence-electron chi connectivity index (χ3n) is 2.64. The van der Waals surface area contributed by atoms with Crippen molar-refractivity contribution < 1.29 is 4.74 Å². The zero-order chi connectivity index (χ0) is 11.1. The van der Waals surface area contributed by atoms with Crippen LogP contribution in [0.5, 0.6) is 0 Å². The molecule has 0 amide bonds. The predicted molar refractivity (Wildman–Crippen MR) is 55.4 cm³/mol. The minimum atomic E-state index is -0.560. The van der Waals surface area contributed by atoms with Gasteiger partial charge in [0.2, 0.25) is 0 Å². The van der Waals surface area contributed by atoms with Crippen LogP contribution in [0.25, 0.3) is 0 Å². The highest BCUT2D eigenvalue weighted by Crippen LogP contribution is 2.23. The molecule has 1 unspecified atom stereocenters. The quantitative estimate of drug-likeness (QED) is 0.707. The SMILES string of the molecule is CC1(n2c(=O)cc(Cl)[nH]c2=O)CCOC1. The topological polar surface area (TPSA) is 64.1 Å². The van der Waals surface area contributed by atoms with Crippen molar-refractivity contribution in [3.8, 4) is 0 Å². The van der Waals surface area contributed by atoms with Gasteiger partial charge in [0.25, 0.3) is 5.56 Å².